The van der Waals surface area contributed by atoms with Crippen molar-refractivity contribution in [1.29, 1.82) is 0 Å². The molecule has 0 unspecified atom stereocenters. The number of carbonyl (C=O) groups excluding carboxylic acids is 1. The van der Waals surface area contributed by atoms with E-state index < -0.39 is 15.9 Å². The molecule has 3 rings (SSSR count). The Labute approximate surface area is 140 Å². The van der Waals surface area contributed by atoms with Gasteiger partial charge in [0.15, 0.2) is 0 Å². The second kappa shape index (κ2) is 6.45. The summed E-state index contributed by atoms with van der Waals surface area (Å²) in [5.41, 5.74) is 1.91. The number of aromatic nitrogens is 2. The third-order valence-electron chi connectivity index (χ3n) is 3.76. The summed E-state index contributed by atoms with van der Waals surface area (Å²) in [6.45, 7) is 1.82. The molecule has 7 heteroatoms. The number of nitrogens with one attached hydrogen (secondary N) is 1. The molecule has 1 aromatic carbocycles. The lowest BCUT2D eigenvalue weighted by Gasteiger charge is -2.13. The zero-order valence-electron chi connectivity index (χ0n) is 13.1. The van der Waals surface area contributed by atoms with Crippen LogP contribution in [0.3, 0.4) is 0 Å². The van der Waals surface area contributed by atoms with Crippen molar-refractivity contribution in [2.45, 2.75) is 12.8 Å². The van der Waals surface area contributed by atoms with Gasteiger partial charge in [-0.25, -0.2) is 18.1 Å². The van der Waals surface area contributed by atoms with Crippen LogP contribution in [-0.4, -0.2) is 29.5 Å². The third kappa shape index (κ3) is 3.62. The van der Waals surface area contributed by atoms with Crippen LogP contribution in [0.15, 0.2) is 61.2 Å². The summed E-state index contributed by atoms with van der Waals surface area (Å²) in [7, 11) is -3.74. The first-order chi connectivity index (χ1) is 11.4. The smallest absolute Gasteiger partial charge is 0.264 e. The van der Waals surface area contributed by atoms with Gasteiger partial charge < -0.3 is 4.40 Å². The van der Waals surface area contributed by atoms with Crippen molar-refractivity contribution in [3.05, 3.63) is 72.3 Å². The maximum atomic E-state index is 12.3. The number of fused-ring (bicyclic) bond motifs is 1. The first-order valence-electron chi connectivity index (χ1n) is 7.46. The highest BCUT2D eigenvalue weighted by atomic mass is 32.2. The topological polar surface area (TPSA) is 80.5 Å². The fraction of sp³-hybridized carbons (Fsp3) is 0.176. The van der Waals surface area contributed by atoms with Crippen molar-refractivity contribution >= 4 is 21.4 Å². The van der Waals surface area contributed by atoms with Gasteiger partial charge >= 0.3 is 0 Å². The Balaban J connectivity index is 1.72. The number of imidazole rings is 1. The Hall–Kier alpha value is -2.67. The molecule has 0 saturated heterocycles. The zero-order chi connectivity index (χ0) is 17.2. The molecule has 3 aromatic rings. The van der Waals surface area contributed by atoms with Crippen LogP contribution in [0.4, 0.5) is 0 Å². The molecule has 1 atom stereocenters. The van der Waals surface area contributed by atoms with Gasteiger partial charge in [-0.2, -0.15) is 0 Å². The number of carbonyl (C=O) groups is 1. The van der Waals surface area contributed by atoms with E-state index >= 15 is 0 Å². The van der Waals surface area contributed by atoms with Crippen molar-refractivity contribution < 1.29 is 13.2 Å². The van der Waals surface area contributed by atoms with E-state index in [1.165, 1.54) is 0 Å². The normalized spacial score (nSPS) is 12.9. The first-order valence-corrected chi connectivity index (χ1v) is 9.11. The summed E-state index contributed by atoms with van der Waals surface area (Å²) < 4.78 is 28.4. The fourth-order valence-corrected chi connectivity index (χ4v) is 3.84. The Bertz CT molecular complexity index is 965. The molecule has 0 radical (unpaired) electrons. The second-order valence-electron chi connectivity index (χ2n) is 5.67. The molecule has 0 bridgehead atoms. The van der Waals surface area contributed by atoms with Gasteiger partial charge in [0.1, 0.15) is 0 Å². The lowest BCUT2D eigenvalue weighted by atomic mass is 10.0. The molecule has 6 nitrogen and oxygen atoms in total. The van der Waals surface area contributed by atoms with E-state index in [0.717, 1.165) is 11.1 Å². The van der Waals surface area contributed by atoms with Crippen molar-refractivity contribution in [2.75, 3.05) is 5.75 Å². The number of pyridine rings is 1. The van der Waals surface area contributed by atoms with Crippen LogP contribution >= 0.6 is 0 Å². The van der Waals surface area contributed by atoms with Crippen LogP contribution in [0.2, 0.25) is 0 Å². The summed E-state index contributed by atoms with van der Waals surface area (Å²) in [4.78, 5) is 16.2. The third-order valence-corrected chi connectivity index (χ3v) is 5.20. The van der Waals surface area contributed by atoms with E-state index in [2.05, 4.69) is 9.71 Å². The minimum atomic E-state index is -3.74. The highest BCUT2D eigenvalue weighted by molar-refractivity contribution is 7.90. The zero-order valence-corrected chi connectivity index (χ0v) is 13.9. The van der Waals surface area contributed by atoms with Crippen molar-refractivity contribution in [1.82, 2.24) is 14.1 Å². The van der Waals surface area contributed by atoms with Gasteiger partial charge in [-0.3, -0.25) is 4.79 Å². The average Bonchev–Trinajstić information content (AvgIpc) is 3.02. The predicted molar refractivity (Wildman–Crippen MR) is 91.3 cm³/mol. The van der Waals surface area contributed by atoms with Gasteiger partial charge in [-0.15, -0.1) is 0 Å². The van der Waals surface area contributed by atoms with Crippen LogP contribution in [-0.2, 0) is 10.0 Å². The van der Waals surface area contributed by atoms with E-state index in [4.69, 9.17) is 0 Å². The van der Waals surface area contributed by atoms with E-state index in [9.17, 15) is 13.2 Å². The highest BCUT2D eigenvalue weighted by Crippen LogP contribution is 2.16. The number of amides is 1. The lowest BCUT2D eigenvalue weighted by Crippen LogP contribution is -2.34. The second-order valence-corrected chi connectivity index (χ2v) is 7.43. The summed E-state index contributed by atoms with van der Waals surface area (Å²) in [5.74, 6) is -1.01. The van der Waals surface area contributed by atoms with E-state index in [0.29, 0.717) is 0 Å². The van der Waals surface area contributed by atoms with Gasteiger partial charge in [0, 0.05) is 11.8 Å². The largest absolute Gasteiger partial charge is 0.306 e. The van der Waals surface area contributed by atoms with Crippen LogP contribution in [0.25, 0.3) is 5.52 Å². The molecule has 1 amide bonds. The monoisotopic (exact) mass is 343 g/mol. The van der Waals surface area contributed by atoms with Crippen molar-refractivity contribution in [3.8, 4) is 0 Å². The summed E-state index contributed by atoms with van der Waals surface area (Å²) in [6.07, 6.45) is 4.87. The standard InChI is InChI=1S/C17H17N3O3S/c1-13(14-5-3-2-4-6-14)11-24(22,23)19-17(21)15-7-8-20-12-18-10-16(20)9-15/h2-10,12-13H,11H2,1H3,(H,19,21)/t13-/m0/s1. The number of benzene rings is 1. The van der Waals surface area contributed by atoms with Crippen LogP contribution < -0.4 is 4.72 Å². The van der Waals surface area contributed by atoms with Gasteiger partial charge in [0.25, 0.3) is 5.91 Å². The van der Waals surface area contributed by atoms with Gasteiger partial charge in [-0.05, 0) is 23.6 Å². The van der Waals surface area contributed by atoms with Crippen LogP contribution in [0.1, 0.15) is 28.8 Å². The van der Waals surface area contributed by atoms with Gasteiger partial charge in [0.05, 0.1) is 23.8 Å². The SMILES string of the molecule is C[C@@H](CS(=O)(=O)NC(=O)c1ccn2cncc2c1)c1ccccc1. The molecule has 1 N–H and O–H groups in total. The minimum absolute atomic E-state index is 0.155. The summed E-state index contributed by atoms with van der Waals surface area (Å²) >= 11 is 0. The molecule has 2 heterocycles. The molecule has 0 aliphatic heterocycles. The molecule has 0 aliphatic carbocycles. The van der Waals surface area contributed by atoms with E-state index in [-0.39, 0.29) is 17.2 Å². The molecule has 24 heavy (non-hydrogen) atoms. The number of nitrogens with zero attached hydrogens (tertiary/aromatic N) is 2. The minimum Gasteiger partial charge on any atom is -0.306 e. The Morgan fingerprint density at radius 1 is 1.25 bits per heavy atom. The fourth-order valence-electron chi connectivity index (χ4n) is 2.51. The number of rotatable bonds is 5. The van der Waals surface area contributed by atoms with E-state index in [1.54, 1.807) is 35.3 Å². The van der Waals surface area contributed by atoms with Crippen molar-refractivity contribution in [3.63, 3.8) is 0 Å². The maximum absolute atomic E-state index is 12.3. The number of hydrogen-bond donors (Lipinski definition) is 1. The number of hydrogen-bond acceptors (Lipinski definition) is 4. The van der Waals surface area contributed by atoms with E-state index in [1.807, 2.05) is 37.3 Å². The summed E-state index contributed by atoms with van der Waals surface area (Å²) in [5, 5.41) is 0. The van der Waals surface area contributed by atoms with Crippen LogP contribution in [0, 0.1) is 0 Å². The first kappa shape index (κ1) is 16.2. The quantitative estimate of drug-likeness (QED) is 0.770. The molecule has 0 aliphatic rings. The Morgan fingerprint density at radius 2 is 2.00 bits per heavy atom. The van der Waals surface area contributed by atoms with Crippen molar-refractivity contribution in [2.24, 2.45) is 0 Å². The highest BCUT2D eigenvalue weighted by Gasteiger charge is 2.20. The molecule has 0 saturated carbocycles. The average molecular weight is 343 g/mol. The molecular formula is C17H17N3O3S. The van der Waals surface area contributed by atoms with Crippen LogP contribution in [0.5, 0.6) is 0 Å². The summed E-state index contributed by atoms with van der Waals surface area (Å²) in [6, 6.07) is 12.5. The molecule has 0 fully saturated rings. The Morgan fingerprint density at radius 3 is 2.75 bits per heavy atom. The van der Waals surface area contributed by atoms with Gasteiger partial charge in [-0.1, -0.05) is 37.3 Å². The molecule has 0 spiro atoms. The molecular weight excluding hydrogens is 326 g/mol. The molecule has 2 aromatic heterocycles. The number of sulfonamides is 1. The Kier molecular flexibility index (Phi) is 4.35. The predicted octanol–water partition coefficient (Wildman–Crippen LogP) is 2.20. The molecule has 124 valence electrons. The van der Waals surface area contributed by atoms with Gasteiger partial charge in [0.2, 0.25) is 10.0 Å². The maximum Gasteiger partial charge on any atom is 0.264 e. The lowest BCUT2D eigenvalue weighted by molar-refractivity contribution is 0.0981.